The van der Waals surface area contributed by atoms with Gasteiger partial charge in [-0.1, -0.05) is 42.1 Å². The van der Waals surface area contributed by atoms with Gasteiger partial charge in [0.2, 0.25) is 5.89 Å². The summed E-state index contributed by atoms with van der Waals surface area (Å²) in [5, 5.41) is 7.35. The van der Waals surface area contributed by atoms with Crippen LogP contribution in [0.3, 0.4) is 0 Å². The third-order valence-electron chi connectivity index (χ3n) is 3.52. The molecule has 0 aliphatic heterocycles. The van der Waals surface area contributed by atoms with Gasteiger partial charge < -0.3 is 14.9 Å². The van der Waals surface area contributed by atoms with E-state index < -0.39 is 0 Å². The van der Waals surface area contributed by atoms with E-state index in [1.165, 1.54) is 11.8 Å². The standard InChI is InChI=1S/C19H19N3O2S/c20-19(21)25-13-14-6-8-17(9-7-14)23-11-10-16-12-24-18(22-16)15-4-2-1-3-5-15/h1-9,12H,10-11,13H2,(H3,20,21). The van der Waals surface area contributed by atoms with Crippen LogP contribution in [0, 0.1) is 5.41 Å². The van der Waals surface area contributed by atoms with Gasteiger partial charge in [0.05, 0.1) is 12.3 Å². The number of ether oxygens (including phenoxy) is 1. The van der Waals surface area contributed by atoms with Crippen molar-refractivity contribution in [2.75, 3.05) is 6.61 Å². The molecular formula is C19H19N3O2S. The lowest BCUT2D eigenvalue weighted by Crippen LogP contribution is -2.04. The number of nitrogens with two attached hydrogens (primary N) is 1. The van der Waals surface area contributed by atoms with Crippen LogP contribution in [0.5, 0.6) is 5.75 Å². The summed E-state index contributed by atoms with van der Waals surface area (Å²) in [5.74, 6) is 2.13. The van der Waals surface area contributed by atoms with Crippen molar-refractivity contribution in [2.45, 2.75) is 12.2 Å². The van der Waals surface area contributed by atoms with Crippen molar-refractivity contribution in [2.24, 2.45) is 5.73 Å². The van der Waals surface area contributed by atoms with Crippen molar-refractivity contribution >= 4 is 16.9 Å². The van der Waals surface area contributed by atoms with Gasteiger partial charge in [-0.05, 0) is 29.8 Å². The molecule has 3 N–H and O–H groups in total. The number of hydrogen-bond acceptors (Lipinski definition) is 5. The highest BCUT2D eigenvalue weighted by atomic mass is 32.2. The minimum absolute atomic E-state index is 0.128. The van der Waals surface area contributed by atoms with E-state index in [9.17, 15) is 0 Å². The Morgan fingerprint density at radius 2 is 1.88 bits per heavy atom. The highest BCUT2D eigenvalue weighted by molar-refractivity contribution is 8.13. The van der Waals surface area contributed by atoms with Gasteiger partial charge in [-0.15, -0.1) is 0 Å². The normalized spacial score (nSPS) is 10.6. The Morgan fingerprint density at radius 3 is 2.60 bits per heavy atom. The molecule has 0 saturated carbocycles. The summed E-state index contributed by atoms with van der Waals surface area (Å²) < 4.78 is 11.3. The predicted octanol–water partition coefficient (Wildman–Crippen LogP) is 4.09. The molecule has 0 fully saturated rings. The first-order valence-electron chi connectivity index (χ1n) is 7.89. The minimum atomic E-state index is 0.128. The summed E-state index contributed by atoms with van der Waals surface area (Å²) in [6.45, 7) is 0.530. The number of nitrogens with zero attached hydrogens (tertiary/aromatic N) is 1. The van der Waals surface area contributed by atoms with Crippen LogP contribution in [-0.4, -0.2) is 16.8 Å². The minimum Gasteiger partial charge on any atom is -0.493 e. The van der Waals surface area contributed by atoms with Gasteiger partial charge in [0.15, 0.2) is 5.17 Å². The monoisotopic (exact) mass is 353 g/mol. The van der Waals surface area contributed by atoms with E-state index in [1.54, 1.807) is 6.26 Å². The van der Waals surface area contributed by atoms with E-state index in [4.69, 9.17) is 20.3 Å². The molecular weight excluding hydrogens is 334 g/mol. The summed E-state index contributed by atoms with van der Waals surface area (Å²) in [6.07, 6.45) is 2.35. The maximum Gasteiger partial charge on any atom is 0.226 e. The third kappa shape index (κ3) is 5.12. The van der Waals surface area contributed by atoms with Crippen molar-refractivity contribution < 1.29 is 9.15 Å². The quantitative estimate of drug-likeness (QED) is 0.493. The van der Waals surface area contributed by atoms with Crippen LogP contribution in [0.25, 0.3) is 11.5 Å². The zero-order valence-electron chi connectivity index (χ0n) is 13.6. The van der Waals surface area contributed by atoms with Crippen molar-refractivity contribution in [3.63, 3.8) is 0 Å². The fourth-order valence-electron chi connectivity index (χ4n) is 2.25. The van der Waals surface area contributed by atoms with Crippen LogP contribution >= 0.6 is 11.8 Å². The van der Waals surface area contributed by atoms with Gasteiger partial charge in [-0.2, -0.15) is 0 Å². The molecule has 0 bridgehead atoms. The van der Waals surface area contributed by atoms with Crippen LogP contribution in [0.1, 0.15) is 11.3 Å². The fraction of sp³-hybridized carbons (Fsp3) is 0.158. The second-order valence-electron chi connectivity index (χ2n) is 5.41. The Labute approximate surface area is 150 Å². The van der Waals surface area contributed by atoms with E-state index >= 15 is 0 Å². The molecule has 0 aliphatic rings. The zero-order valence-corrected chi connectivity index (χ0v) is 14.5. The lowest BCUT2D eigenvalue weighted by Gasteiger charge is -2.06. The number of amidine groups is 1. The molecule has 0 atom stereocenters. The molecule has 0 unspecified atom stereocenters. The lowest BCUT2D eigenvalue weighted by molar-refractivity contribution is 0.320. The molecule has 0 aliphatic carbocycles. The van der Waals surface area contributed by atoms with Crippen molar-refractivity contribution in [1.29, 1.82) is 5.41 Å². The molecule has 25 heavy (non-hydrogen) atoms. The summed E-state index contributed by atoms with van der Waals surface area (Å²) >= 11 is 1.31. The summed E-state index contributed by atoms with van der Waals surface area (Å²) in [5.41, 5.74) is 8.28. The van der Waals surface area contributed by atoms with Gasteiger partial charge in [0.25, 0.3) is 0 Å². The Hall–Kier alpha value is -2.73. The second-order valence-corrected chi connectivity index (χ2v) is 6.42. The van der Waals surface area contributed by atoms with Crippen LogP contribution in [0.15, 0.2) is 65.3 Å². The largest absolute Gasteiger partial charge is 0.493 e. The maximum absolute atomic E-state index is 7.22. The van der Waals surface area contributed by atoms with Crippen molar-refractivity contribution in [1.82, 2.24) is 4.98 Å². The van der Waals surface area contributed by atoms with Gasteiger partial charge in [0.1, 0.15) is 12.0 Å². The molecule has 0 saturated heterocycles. The molecule has 6 heteroatoms. The van der Waals surface area contributed by atoms with Gasteiger partial charge in [-0.3, -0.25) is 5.41 Å². The molecule has 2 aromatic carbocycles. The fourth-order valence-corrected chi connectivity index (χ4v) is 2.77. The first-order chi connectivity index (χ1) is 12.2. The highest BCUT2D eigenvalue weighted by Gasteiger charge is 2.06. The smallest absolute Gasteiger partial charge is 0.226 e. The zero-order chi connectivity index (χ0) is 17.5. The van der Waals surface area contributed by atoms with Gasteiger partial charge in [-0.25, -0.2) is 4.98 Å². The number of thioether (sulfide) groups is 1. The number of nitrogens with one attached hydrogen (secondary N) is 1. The Bertz CT molecular complexity index is 816. The van der Waals surface area contributed by atoms with E-state index in [0.717, 1.165) is 22.6 Å². The van der Waals surface area contributed by atoms with Gasteiger partial charge in [0, 0.05) is 17.7 Å². The van der Waals surface area contributed by atoms with Crippen LogP contribution in [-0.2, 0) is 12.2 Å². The summed E-state index contributed by atoms with van der Waals surface area (Å²) in [7, 11) is 0. The summed E-state index contributed by atoms with van der Waals surface area (Å²) in [4.78, 5) is 4.49. The number of oxazole rings is 1. The van der Waals surface area contributed by atoms with Crippen LogP contribution < -0.4 is 10.5 Å². The first-order valence-corrected chi connectivity index (χ1v) is 8.87. The Balaban J connectivity index is 1.48. The van der Waals surface area contributed by atoms with E-state index in [0.29, 0.717) is 24.7 Å². The Kier molecular flexibility index (Phi) is 5.74. The van der Waals surface area contributed by atoms with E-state index in [2.05, 4.69) is 4.98 Å². The molecule has 0 radical (unpaired) electrons. The average molecular weight is 353 g/mol. The number of benzene rings is 2. The van der Waals surface area contributed by atoms with Crippen LogP contribution in [0.2, 0.25) is 0 Å². The van der Waals surface area contributed by atoms with Gasteiger partial charge >= 0.3 is 0 Å². The molecule has 128 valence electrons. The molecule has 3 aromatic rings. The van der Waals surface area contributed by atoms with Crippen LogP contribution in [0.4, 0.5) is 0 Å². The SMILES string of the molecule is N=C(N)SCc1ccc(OCCc2coc(-c3ccccc3)n2)cc1. The topological polar surface area (TPSA) is 85.1 Å². The molecule has 0 amide bonds. The number of hydrogen-bond donors (Lipinski definition) is 2. The molecule has 1 heterocycles. The van der Waals surface area contributed by atoms with Crippen molar-refractivity contribution in [3.8, 4) is 17.2 Å². The first kappa shape index (κ1) is 17.1. The molecule has 1 aromatic heterocycles. The summed E-state index contributed by atoms with van der Waals surface area (Å²) in [6, 6.07) is 17.6. The lowest BCUT2D eigenvalue weighted by atomic mass is 10.2. The highest BCUT2D eigenvalue weighted by Crippen LogP contribution is 2.19. The van der Waals surface area contributed by atoms with E-state index in [1.807, 2.05) is 54.6 Å². The second kappa shape index (κ2) is 8.39. The molecule has 3 rings (SSSR count). The van der Waals surface area contributed by atoms with E-state index in [-0.39, 0.29) is 5.17 Å². The number of rotatable bonds is 7. The Morgan fingerprint density at radius 1 is 1.12 bits per heavy atom. The third-order valence-corrected chi connectivity index (χ3v) is 4.31. The molecule has 5 nitrogen and oxygen atoms in total. The number of aromatic nitrogens is 1. The van der Waals surface area contributed by atoms with Crippen molar-refractivity contribution in [3.05, 3.63) is 72.1 Å². The average Bonchev–Trinajstić information content (AvgIpc) is 3.11. The predicted molar refractivity (Wildman–Crippen MR) is 101 cm³/mol. The maximum atomic E-state index is 7.22. The molecule has 0 spiro atoms.